The number of rotatable bonds is 11. The monoisotopic (exact) mass is 598 g/mol. The van der Waals surface area contributed by atoms with Gasteiger partial charge < -0.3 is 10.3 Å². The fourth-order valence-electron chi connectivity index (χ4n) is 5.38. The number of benzene rings is 3. The van der Waals surface area contributed by atoms with E-state index in [9.17, 15) is 4.39 Å². The Kier molecular flexibility index (Phi) is 11.4. The number of allylic oxidation sites excluding steroid dienone is 5. The lowest BCUT2D eigenvalue weighted by atomic mass is 9.95. The van der Waals surface area contributed by atoms with Crippen molar-refractivity contribution in [3.05, 3.63) is 161 Å². The Hall–Kier alpha value is -5.00. The number of H-pyrrole nitrogens is 2. The first-order chi connectivity index (χ1) is 21.9. The van der Waals surface area contributed by atoms with Gasteiger partial charge in [0.25, 0.3) is 0 Å². The number of aromatic nitrogens is 3. The SMILES string of the molecule is C=C/C=C(/c1cc(C)cc(F)c1)c1cc(-c2n[nH]c3ccc(C(/C=C(\C=C)CNCc4ccccc4)=C/C)cc23)[nH]c1C.CC. The van der Waals surface area contributed by atoms with Crippen molar-refractivity contribution < 1.29 is 4.39 Å². The lowest BCUT2D eigenvalue weighted by Gasteiger charge is -2.09. The predicted octanol–water partition coefficient (Wildman–Crippen LogP) is 10.3. The summed E-state index contributed by atoms with van der Waals surface area (Å²) in [6.45, 7) is 19.4. The molecule has 0 radical (unpaired) electrons. The Balaban J connectivity index is 0.00000226. The van der Waals surface area contributed by atoms with Crippen LogP contribution in [0, 0.1) is 19.7 Å². The summed E-state index contributed by atoms with van der Waals surface area (Å²) in [4.78, 5) is 3.52. The van der Waals surface area contributed by atoms with Crippen molar-refractivity contribution in [2.75, 3.05) is 6.54 Å². The van der Waals surface area contributed by atoms with Crippen LogP contribution in [0.25, 0.3) is 33.4 Å². The highest BCUT2D eigenvalue weighted by molar-refractivity contribution is 5.96. The van der Waals surface area contributed by atoms with Crippen LogP contribution >= 0.6 is 0 Å². The van der Waals surface area contributed by atoms with Crippen LogP contribution in [0.15, 0.2) is 122 Å². The lowest BCUT2D eigenvalue weighted by molar-refractivity contribution is 0.626. The molecule has 0 amide bonds. The zero-order chi connectivity index (χ0) is 32.3. The van der Waals surface area contributed by atoms with E-state index in [1.54, 1.807) is 12.1 Å². The van der Waals surface area contributed by atoms with Gasteiger partial charge in [0.15, 0.2) is 0 Å². The molecular formula is C40H43FN4. The van der Waals surface area contributed by atoms with E-state index < -0.39 is 0 Å². The van der Waals surface area contributed by atoms with Crippen molar-refractivity contribution in [2.24, 2.45) is 0 Å². The fourth-order valence-corrected chi connectivity index (χ4v) is 5.38. The van der Waals surface area contributed by atoms with Gasteiger partial charge in [0.05, 0.1) is 11.2 Å². The van der Waals surface area contributed by atoms with Gasteiger partial charge in [-0.25, -0.2) is 4.39 Å². The van der Waals surface area contributed by atoms with E-state index in [0.717, 1.165) is 73.5 Å². The third-order valence-corrected chi connectivity index (χ3v) is 7.51. The van der Waals surface area contributed by atoms with E-state index in [0.29, 0.717) is 6.54 Å². The lowest BCUT2D eigenvalue weighted by Crippen LogP contribution is -2.15. The van der Waals surface area contributed by atoms with E-state index in [4.69, 9.17) is 0 Å². The van der Waals surface area contributed by atoms with Gasteiger partial charge in [0.1, 0.15) is 11.5 Å². The fraction of sp³-hybridized carbons (Fsp3) is 0.175. The van der Waals surface area contributed by atoms with E-state index in [-0.39, 0.29) is 5.82 Å². The van der Waals surface area contributed by atoms with Crippen LogP contribution < -0.4 is 5.32 Å². The molecule has 5 rings (SSSR count). The molecule has 0 aliphatic carbocycles. The van der Waals surface area contributed by atoms with Crippen molar-refractivity contribution in [3.8, 4) is 11.4 Å². The minimum Gasteiger partial charge on any atom is -0.357 e. The number of halogens is 1. The molecule has 0 aliphatic heterocycles. The summed E-state index contributed by atoms with van der Waals surface area (Å²) in [6, 6.07) is 23.9. The number of hydrogen-bond donors (Lipinski definition) is 3. The summed E-state index contributed by atoms with van der Waals surface area (Å²) < 4.78 is 14.3. The molecule has 0 saturated heterocycles. The topological polar surface area (TPSA) is 56.5 Å². The van der Waals surface area contributed by atoms with Gasteiger partial charge >= 0.3 is 0 Å². The molecule has 0 bridgehead atoms. The molecule has 3 N–H and O–H groups in total. The normalized spacial score (nSPS) is 12.2. The van der Waals surface area contributed by atoms with Crippen LogP contribution in [0.1, 0.15) is 54.3 Å². The van der Waals surface area contributed by atoms with Crippen molar-refractivity contribution in [3.63, 3.8) is 0 Å². The van der Waals surface area contributed by atoms with Crippen LogP contribution in [0.3, 0.4) is 0 Å². The average Bonchev–Trinajstić information content (AvgIpc) is 3.65. The quantitative estimate of drug-likeness (QED) is 0.133. The van der Waals surface area contributed by atoms with Gasteiger partial charge in [-0.1, -0.05) is 99.9 Å². The number of aromatic amines is 2. The molecule has 4 nitrogen and oxygen atoms in total. The second-order valence-corrected chi connectivity index (χ2v) is 10.6. The highest BCUT2D eigenvalue weighted by Crippen LogP contribution is 2.34. The highest BCUT2D eigenvalue weighted by atomic mass is 19.1. The van der Waals surface area contributed by atoms with E-state index in [2.05, 4.69) is 94.3 Å². The Morgan fingerprint density at radius 3 is 2.42 bits per heavy atom. The van der Waals surface area contributed by atoms with Crippen LogP contribution in [0.5, 0.6) is 0 Å². The summed E-state index contributed by atoms with van der Waals surface area (Å²) in [6.07, 6.45) is 9.85. The first-order valence-electron chi connectivity index (χ1n) is 15.4. The number of aryl methyl sites for hydroxylation is 2. The Morgan fingerprint density at radius 2 is 1.73 bits per heavy atom. The number of fused-ring (bicyclic) bond motifs is 1. The third-order valence-electron chi connectivity index (χ3n) is 7.51. The third kappa shape index (κ3) is 7.94. The van der Waals surface area contributed by atoms with Crippen molar-refractivity contribution in [1.29, 1.82) is 0 Å². The van der Waals surface area contributed by atoms with Gasteiger partial charge in [-0.05, 0) is 90.1 Å². The van der Waals surface area contributed by atoms with E-state index in [1.807, 2.05) is 58.9 Å². The van der Waals surface area contributed by atoms with Crippen LogP contribution in [0.4, 0.5) is 4.39 Å². The van der Waals surface area contributed by atoms with Crippen LogP contribution in [-0.4, -0.2) is 21.7 Å². The Bertz CT molecular complexity index is 1840. The zero-order valence-electron chi connectivity index (χ0n) is 27.0. The number of nitrogens with zero attached hydrogens (tertiary/aromatic N) is 1. The summed E-state index contributed by atoms with van der Waals surface area (Å²) in [5.41, 5.74) is 11.7. The smallest absolute Gasteiger partial charge is 0.124 e. The Morgan fingerprint density at radius 1 is 0.956 bits per heavy atom. The largest absolute Gasteiger partial charge is 0.357 e. The Labute approximate surface area is 266 Å². The zero-order valence-corrected chi connectivity index (χ0v) is 27.0. The molecule has 0 fully saturated rings. The minimum absolute atomic E-state index is 0.260. The van der Waals surface area contributed by atoms with Crippen molar-refractivity contribution in [2.45, 2.75) is 41.2 Å². The molecule has 0 saturated carbocycles. The average molecular weight is 599 g/mol. The second kappa shape index (κ2) is 15.6. The summed E-state index contributed by atoms with van der Waals surface area (Å²) >= 11 is 0. The molecule has 2 aromatic heterocycles. The maximum Gasteiger partial charge on any atom is 0.124 e. The van der Waals surface area contributed by atoms with E-state index in [1.165, 1.54) is 11.6 Å². The first kappa shape index (κ1) is 32.9. The van der Waals surface area contributed by atoms with Crippen molar-refractivity contribution >= 4 is 22.0 Å². The number of nitrogens with one attached hydrogen (secondary N) is 3. The maximum absolute atomic E-state index is 14.3. The van der Waals surface area contributed by atoms with Crippen molar-refractivity contribution in [1.82, 2.24) is 20.5 Å². The standard InChI is InChI=1S/C38H37FN4.C2H6/c1-6-12-33(31-17-25(4)18-32(39)20-31)34-22-37(41-26(34)5)38-35-21-30(15-16-36(35)42-43-38)29(8-3)19-27(7-2)23-40-24-28-13-10-9-11-14-28;1-2/h6-22,40-41H,1-2,23-24H2,3-5H3,(H,42,43);1-2H3/b27-19+,29-8+,33-12-;. The minimum atomic E-state index is -0.260. The summed E-state index contributed by atoms with van der Waals surface area (Å²) in [5.74, 6) is -0.260. The number of hydrogen-bond acceptors (Lipinski definition) is 2. The maximum atomic E-state index is 14.3. The highest BCUT2D eigenvalue weighted by Gasteiger charge is 2.17. The molecule has 230 valence electrons. The van der Waals surface area contributed by atoms with Gasteiger partial charge in [-0.15, -0.1) is 0 Å². The van der Waals surface area contributed by atoms with Crippen LogP contribution in [0.2, 0.25) is 0 Å². The molecule has 0 atom stereocenters. The molecule has 45 heavy (non-hydrogen) atoms. The van der Waals surface area contributed by atoms with Crippen LogP contribution in [-0.2, 0) is 6.54 Å². The second-order valence-electron chi connectivity index (χ2n) is 10.6. The van der Waals surface area contributed by atoms with Gasteiger partial charge in [0.2, 0.25) is 0 Å². The molecule has 0 aliphatic rings. The predicted molar refractivity (Wildman–Crippen MR) is 190 cm³/mol. The molecule has 5 heteroatoms. The molecular weight excluding hydrogens is 555 g/mol. The molecule has 0 spiro atoms. The molecule has 0 unspecified atom stereocenters. The van der Waals surface area contributed by atoms with Gasteiger partial charge in [-0.3, -0.25) is 5.10 Å². The molecule has 3 aromatic carbocycles. The van der Waals surface area contributed by atoms with Gasteiger partial charge in [0, 0.05) is 29.7 Å². The molecule has 2 heterocycles. The molecule has 5 aromatic rings. The van der Waals surface area contributed by atoms with Gasteiger partial charge in [-0.2, -0.15) is 5.10 Å². The summed E-state index contributed by atoms with van der Waals surface area (Å²) in [5, 5.41) is 12.4. The van der Waals surface area contributed by atoms with E-state index >= 15 is 0 Å². The summed E-state index contributed by atoms with van der Waals surface area (Å²) in [7, 11) is 0. The first-order valence-corrected chi connectivity index (χ1v) is 15.4.